The zero-order valence-corrected chi connectivity index (χ0v) is 11.5. The molecule has 2 heterocycles. The molecule has 0 spiro atoms. The molecule has 0 unspecified atom stereocenters. The van der Waals surface area contributed by atoms with Gasteiger partial charge in [-0.3, -0.25) is 4.68 Å². The average molecular weight is 270 g/mol. The van der Waals surface area contributed by atoms with Gasteiger partial charge in [0.1, 0.15) is 0 Å². The highest BCUT2D eigenvalue weighted by Crippen LogP contribution is 2.18. The van der Waals surface area contributed by atoms with Crippen molar-refractivity contribution in [3.05, 3.63) is 53.3 Å². The first-order valence-electron chi connectivity index (χ1n) is 6.80. The Bertz CT molecular complexity index is 620. The monoisotopic (exact) mass is 270 g/mol. The number of carbonyl (C=O) groups excluding carboxylic acids is 1. The first-order chi connectivity index (χ1) is 9.74. The van der Waals surface area contributed by atoms with Crippen molar-refractivity contribution in [3.8, 4) is 0 Å². The van der Waals surface area contributed by atoms with Gasteiger partial charge in [0, 0.05) is 26.3 Å². The van der Waals surface area contributed by atoms with Crippen LogP contribution in [0.1, 0.15) is 16.8 Å². The molecule has 0 saturated heterocycles. The van der Waals surface area contributed by atoms with Crippen molar-refractivity contribution in [1.29, 1.82) is 0 Å². The molecule has 0 bridgehead atoms. The van der Waals surface area contributed by atoms with E-state index in [4.69, 9.17) is 0 Å². The van der Waals surface area contributed by atoms with Gasteiger partial charge in [-0.2, -0.15) is 5.10 Å². The summed E-state index contributed by atoms with van der Waals surface area (Å²) in [5.74, 6) is 0. The molecule has 2 aromatic rings. The Hall–Kier alpha value is -2.30. The molecule has 1 N–H and O–H groups in total. The second kappa shape index (κ2) is 5.36. The van der Waals surface area contributed by atoms with E-state index in [2.05, 4.69) is 28.6 Å². The Labute approximate surface area is 118 Å². The number of benzene rings is 1. The van der Waals surface area contributed by atoms with Gasteiger partial charge in [-0.15, -0.1) is 0 Å². The van der Waals surface area contributed by atoms with E-state index < -0.39 is 0 Å². The summed E-state index contributed by atoms with van der Waals surface area (Å²) >= 11 is 0. The van der Waals surface area contributed by atoms with Crippen LogP contribution in [0.5, 0.6) is 0 Å². The summed E-state index contributed by atoms with van der Waals surface area (Å²) in [6.07, 6.45) is 2.66. The molecule has 0 radical (unpaired) electrons. The van der Waals surface area contributed by atoms with Crippen molar-refractivity contribution in [2.45, 2.75) is 19.5 Å². The predicted octanol–water partition coefficient (Wildman–Crippen LogP) is 1.69. The third kappa shape index (κ3) is 2.52. The summed E-state index contributed by atoms with van der Waals surface area (Å²) < 4.78 is 1.77. The molecule has 3 rings (SSSR count). The molecule has 5 heteroatoms. The van der Waals surface area contributed by atoms with E-state index in [0.29, 0.717) is 13.1 Å². The van der Waals surface area contributed by atoms with Gasteiger partial charge in [0.2, 0.25) is 0 Å². The molecular formula is C15H18N4O. The number of urea groups is 1. The smallest absolute Gasteiger partial charge is 0.318 e. The molecule has 0 aliphatic carbocycles. The van der Waals surface area contributed by atoms with E-state index in [1.165, 1.54) is 11.1 Å². The van der Waals surface area contributed by atoms with Crippen LogP contribution in [0.2, 0.25) is 0 Å². The Balaban J connectivity index is 1.60. The highest BCUT2D eigenvalue weighted by Gasteiger charge is 2.20. The lowest BCUT2D eigenvalue weighted by molar-refractivity contribution is 0.191. The lowest BCUT2D eigenvalue weighted by Crippen LogP contribution is -2.42. The summed E-state index contributed by atoms with van der Waals surface area (Å²) in [5, 5.41) is 7.04. The van der Waals surface area contributed by atoms with Crippen LogP contribution in [0, 0.1) is 0 Å². The fourth-order valence-electron chi connectivity index (χ4n) is 2.52. The van der Waals surface area contributed by atoms with Crippen LogP contribution >= 0.6 is 0 Å². The third-order valence-corrected chi connectivity index (χ3v) is 3.76. The van der Waals surface area contributed by atoms with E-state index in [9.17, 15) is 4.79 Å². The van der Waals surface area contributed by atoms with Gasteiger partial charge >= 0.3 is 6.03 Å². The van der Waals surface area contributed by atoms with E-state index in [0.717, 1.165) is 18.7 Å². The Morgan fingerprint density at radius 1 is 1.30 bits per heavy atom. The molecule has 20 heavy (non-hydrogen) atoms. The van der Waals surface area contributed by atoms with E-state index in [-0.39, 0.29) is 6.03 Å². The number of nitrogens with zero attached hydrogens (tertiary/aromatic N) is 3. The topological polar surface area (TPSA) is 50.2 Å². The maximum atomic E-state index is 12.2. The minimum absolute atomic E-state index is 0.0132. The molecule has 0 saturated carbocycles. The normalized spacial score (nSPS) is 13.9. The minimum Gasteiger partial charge on any atom is -0.332 e. The van der Waals surface area contributed by atoms with Gasteiger partial charge in [-0.1, -0.05) is 24.3 Å². The maximum absolute atomic E-state index is 12.2. The van der Waals surface area contributed by atoms with Crippen molar-refractivity contribution in [2.75, 3.05) is 6.54 Å². The predicted molar refractivity (Wildman–Crippen MR) is 76.0 cm³/mol. The van der Waals surface area contributed by atoms with Crippen LogP contribution < -0.4 is 5.32 Å². The summed E-state index contributed by atoms with van der Waals surface area (Å²) in [7, 11) is 1.87. The quantitative estimate of drug-likeness (QED) is 0.902. The summed E-state index contributed by atoms with van der Waals surface area (Å²) in [4.78, 5) is 14.1. The van der Waals surface area contributed by atoms with Crippen LogP contribution in [0.25, 0.3) is 0 Å². The molecule has 1 aliphatic heterocycles. The molecule has 104 valence electrons. The van der Waals surface area contributed by atoms with Gasteiger partial charge in [-0.25, -0.2) is 4.79 Å². The van der Waals surface area contributed by atoms with Gasteiger partial charge < -0.3 is 10.2 Å². The summed E-state index contributed by atoms with van der Waals surface area (Å²) in [6.45, 7) is 1.97. The Morgan fingerprint density at radius 2 is 2.10 bits per heavy atom. The number of rotatable bonds is 2. The number of hydrogen-bond donors (Lipinski definition) is 1. The van der Waals surface area contributed by atoms with Gasteiger partial charge in [-0.05, 0) is 23.6 Å². The van der Waals surface area contributed by atoms with Crippen molar-refractivity contribution in [3.63, 3.8) is 0 Å². The number of aromatic nitrogens is 2. The highest BCUT2D eigenvalue weighted by atomic mass is 16.2. The molecule has 0 fully saturated rings. The number of hydrogen-bond acceptors (Lipinski definition) is 2. The molecular weight excluding hydrogens is 252 g/mol. The van der Waals surface area contributed by atoms with Gasteiger partial charge in [0.15, 0.2) is 0 Å². The largest absolute Gasteiger partial charge is 0.332 e. The number of carbonyl (C=O) groups is 1. The molecule has 1 aliphatic rings. The molecule has 2 amide bonds. The first kappa shape index (κ1) is 12.7. The zero-order chi connectivity index (χ0) is 13.9. The minimum atomic E-state index is -0.0132. The number of nitrogens with one attached hydrogen (secondary N) is 1. The van der Waals surface area contributed by atoms with Crippen LogP contribution in [0.15, 0.2) is 36.5 Å². The number of fused-ring (bicyclic) bond motifs is 1. The third-order valence-electron chi connectivity index (χ3n) is 3.76. The Kier molecular flexibility index (Phi) is 3.41. The number of aryl methyl sites for hydroxylation is 1. The lowest BCUT2D eigenvalue weighted by atomic mass is 10.0. The fourth-order valence-corrected chi connectivity index (χ4v) is 2.52. The van der Waals surface area contributed by atoms with Crippen LogP contribution in [0.4, 0.5) is 4.79 Å². The molecule has 1 aromatic carbocycles. The van der Waals surface area contributed by atoms with Crippen LogP contribution in [-0.2, 0) is 26.6 Å². The van der Waals surface area contributed by atoms with Crippen LogP contribution in [-0.4, -0.2) is 27.3 Å². The first-order valence-corrected chi connectivity index (χ1v) is 6.80. The van der Waals surface area contributed by atoms with Gasteiger partial charge in [0.05, 0.1) is 12.2 Å². The lowest BCUT2D eigenvalue weighted by Gasteiger charge is -2.28. The van der Waals surface area contributed by atoms with Crippen molar-refractivity contribution < 1.29 is 4.79 Å². The van der Waals surface area contributed by atoms with E-state index in [1.54, 1.807) is 10.9 Å². The molecule has 0 atom stereocenters. The zero-order valence-electron chi connectivity index (χ0n) is 11.5. The maximum Gasteiger partial charge on any atom is 0.318 e. The van der Waals surface area contributed by atoms with Crippen molar-refractivity contribution in [1.82, 2.24) is 20.0 Å². The summed E-state index contributed by atoms with van der Waals surface area (Å²) in [5.41, 5.74) is 3.59. The number of amides is 2. The average Bonchev–Trinajstić information content (AvgIpc) is 2.89. The fraction of sp³-hybridized carbons (Fsp3) is 0.333. The van der Waals surface area contributed by atoms with E-state index in [1.807, 2.05) is 24.1 Å². The summed E-state index contributed by atoms with van der Waals surface area (Å²) in [6, 6.07) is 10.2. The second-order valence-corrected chi connectivity index (χ2v) is 5.05. The van der Waals surface area contributed by atoms with E-state index >= 15 is 0 Å². The highest BCUT2D eigenvalue weighted by molar-refractivity contribution is 5.74. The molecule has 5 nitrogen and oxygen atoms in total. The Morgan fingerprint density at radius 3 is 2.85 bits per heavy atom. The molecule has 1 aromatic heterocycles. The van der Waals surface area contributed by atoms with Crippen molar-refractivity contribution in [2.24, 2.45) is 7.05 Å². The standard InChI is InChI=1S/C15H18N4O/c1-18-14(6-8-17-18)10-16-15(20)19-9-7-12-4-2-3-5-13(12)11-19/h2-6,8H,7,9-11H2,1H3,(H,16,20). The van der Waals surface area contributed by atoms with Crippen LogP contribution in [0.3, 0.4) is 0 Å². The second-order valence-electron chi connectivity index (χ2n) is 5.05. The van der Waals surface area contributed by atoms with Crippen molar-refractivity contribution >= 4 is 6.03 Å². The van der Waals surface area contributed by atoms with Gasteiger partial charge in [0.25, 0.3) is 0 Å². The SMILES string of the molecule is Cn1nccc1CNC(=O)N1CCc2ccccc2C1.